The van der Waals surface area contributed by atoms with Gasteiger partial charge in [0.15, 0.2) is 0 Å². The minimum absolute atomic E-state index is 0.141. The molecule has 2 aromatic heterocycles. The number of pyridine rings is 1. The summed E-state index contributed by atoms with van der Waals surface area (Å²) < 4.78 is 14.7. The highest BCUT2D eigenvalue weighted by Crippen LogP contribution is 2.40. The summed E-state index contributed by atoms with van der Waals surface area (Å²) >= 11 is 0. The smallest absolute Gasteiger partial charge is 0.252 e. The number of nitrogens with two attached hydrogens (primary N) is 1. The van der Waals surface area contributed by atoms with Crippen molar-refractivity contribution in [3.8, 4) is 11.8 Å². The maximum atomic E-state index is 13.2. The van der Waals surface area contributed by atoms with Crippen LogP contribution in [0.15, 0.2) is 54.6 Å². The standard InChI is InChI=1S/C26H23FN6O/c27-17-9-11-18(12-10-17)33-25(29)21(15-28)23(32-33)6-3-13-30-26(34)20-14-24(16-7-8-16)31-22-5-2-1-4-19(20)22/h1-2,4-5,9-12,14,16H,3,6-8,13,29H2,(H,30,34). The van der Waals surface area contributed by atoms with Crippen molar-refractivity contribution in [2.75, 3.05) is 12.3 Å². The van der Waals surface area contributed by atoms with E-state index in [0.29, 0.717) is 47.8 Å². The summed E-state index contributed by atoms with van der Waals surface area (Å²) in [6.07, 6.45) is 3.27. The monoisotopic (exact) mass is 454 g/mol. The van der Waals surface area contributed by atoms with Crippen LogP contribution < -0.4 is 11.1 Å². The van der Waals surface area contributed by atoms with Gasteiger partial charge < -0.3 is 11.1 Å². The molecule has 170 valence electrons. The second kappa shape index (κ2) is 8.94. The molecule has 5 rings (SSSR count). The molecule has 1 aliphatic carbocycles. The van der Waals surface area contributed by atoms with Crippen molar-refractivity contribution < 1.29 is 9.18 Å². The molecule has 0 bridgehead atoms. The Morgan fingerprint density at radius 2 is 1.97 bits per heavy atom. The SMILES string of the molecule is N#Cc1c(CCCNC(=O)c2cc(C3CC3)nc3ccccc23)nn(-c2ccc(F)cc2)c1N. The molecular formula is C26H23FN6O. The first kappa shape index (κ1) is 21.6. The van der Waals surface area contributed by atoms with Gasteiger partial charge in [-0.15, -0.1) is 0 Å². The van der Waals surface area contributed by atoms with Crippen molar-refractivity contribution in [1.29, 1.82) is 5.26 Å². The van der Waals surface area contributed by atoms with Gasteiger partial charge in [0.2, 0.25) is 0 Å². The van der Waals surface area contributed by atoms with Crippen LogP contribution in [-0.2, 0) is 6.42 Å². The third-order valence-corrected chi connectivity index (χ3v) is 6.03. The van der Waals surface area contributed by atoms with Gasteiger partial charge in [0.1, 0.15) is 23.3 Å². The van der Waals surface area contributed by atoms with E-state index < -0.39 is 0 Å². The van der Waals surface area contributed by atoms with Crippen LogP contribution in [-0.4, -0.2) is 27.2 Å². The molecular weight excluding hydrogens is 431 g/mol. The lowest BCUT2D eigenvalue weighted by atomic mass is 10.1. The Morgan fingerprint density at radius 3 is 2.71 bits per heavy atom. The van der Waals surface area contributed by atoms with Crippen LogP contribution in [0.4, 0.5) is 10.2 Å². The Morgan fingerprint density at radius 1 is 1.21 bits per heavy atom. The zero-order chi connectivity index (χ0) is 23.7. The van der Waals surface area contributed by atoms with Crippen molar-refractivity contribution in [3.63, 3.8) is 0 Å². The summed E-state index contributed by atoms with van der Waals surface area (Å²) in [7, 11) is 0. The Balaban J connectivity index is 1.28. The maximum absolute atomic E-state index is 13.2. The number of benzene rings is 2. The average molecular weight is 455 g/mol. The van der Waals surface area contributed by atoms with Gasteiger partial charge in [-0.3, -0.25) is 9.78 Å². The minimum atomic E-state index is -0.364. The van der Waals surface area contributed by atoms with Gasteiger partial charge in [0.05, 0.1) is 22.5 Å². The van der Waals surface area contributed by atoms with Gasteiger partial charge >= 0.3 is 0 Å². The zero-order valence-electron chi connectivity index (χ0n) is 18.5. The number of hydrogen-bond acceptors (Lipinski definition) is 5. The zero-order valence-corrected chi connectivity index (χ0v) is 18.5. The third-order valence-electron chi connectivity index (χ3n) is 6.03. The number of aromatic nitrogens is 3. The molecule has 0 radical (unpaired) electrons. The molecule has 0 unspecified atom stereocenters. The number of nitrogen functional groups attached to an aromatic ring is 1. The van der Waals surface area contributed by atoms with E-state index in [1.807, 2.05) is 30.3 Å². The van der Waals surface area contributed by atoms with Crippen molar-refractivity contribution in [1.82, 2.24) is 20.1 Å². The summed E-state index contributed by atoms with van der Waals surface area (Å²) in [5.74, 6) is 0.153. The largest absolute Gasteiger partial charge is 0.382 e. The van der Waals surface area contributed by atoms with Gasteiger partial charge in [-0.05, 0) is 62.1 Å². The summed E-state index contributed by atoms with van der Waals surface area (Å²) in [5, 5.41) is 17.8. The average Bonchev–Trinajstić information content (AvgIpc) is 3.65. The van der Waals surface area contributed by atoms with Gasteiger partial charge in [0, 0.05) is 23.5 Å². The molecule has 0 aliphatic heterocycles. The molecule has 34 heavy (non-hydrogen) atoms. The number of rotatable bonds is 7. The number of halogens is 1. The van der Waals surface area contributed by atoms with E-state index in [4.69, 9.17) is 10.7 Å². The van der Waals surface area contributed by atoms with Crippen LogP contribution in [0.1, 0.15) is 52.5 Å². The first-order valence-corrected chi connectivity index (χ1v) is 11.3. The fourth-order valence-electron chi connectivity index (χ4n) is 4.08. The first-order valence-electron chi connectivity index (χ1n) is 11.3. The summed E-state index contributed by atoms with van der Waals surface area (Å²) in [6, 6.07) is 17.4. The number of fused-ring (bicyclic) bond motifs is 1. The topological polar surface area (TPSA) is 110 Å². The molecule has 7 nitrogen and oxygen atoms in total. The normalized spacial score (nSPS) is 13.1. The second-order valence-corrected chi connectivity index (χ2v) is 8.45. The molecule has 1 amide bonds. The van der Waals surface area contributed by atoms with Crippen LogP contribution in [0.2, 0.25) is 0 Å². The number of para-hydroxylation sites is 1. The van der Waals surface area contributed by atoms with Crippen molar-refractivity contribution in [2.45, 2.75) is 31.6 Å². The number of amides is 1. The molecule has 2 heterocycles. The molecule has 4 aromatic rings. The maximum Gasteiger partial charge on any atom is 0.252 e. The molecule has 1 fully saturated rings. The van der Waals surface area contributed by atoms with E-state index in [9.17, 15) is 14.4 Å². The van der Waals surface area contributed by atoms with E-state index in [2.05, 4.69) is 16.5 Å². The van der Waals surface area contributed by atoms with Crippen LogP contribution in [0, 0.1) is 17.1 Å². The van der Waals surface area contributed by atoms with Crippen molar-refractivity contribution in [2.24, 2.45) is 0 Å². The van der Waals surface area contributed by atoms with Crippen LogP contribution in [0.3, 0.4) is 0 Å². The van der Waals surface area contributed by atoms with Gasteiger partial charge in [0.25, 0.3) is 5.91 Å². The predicted octanol–water partition coefficient (Wildman–Crippen LogP) is 4.25. The highest BCUT2D eigenvalue weighted by molar-refractivity contribution is 6.06. The third kappa shape index (κ3) is 4.20. The van der Waals surface area contributed by atoms with E-state index in [-0.39, 0.29) is 17.5 Å². The molecule has 0 saturated heterocycles. The minimum Gasteiger partial charge on any atom is -0.382 e. The van der Waals surface area contributed by atoms with Gasteiger partial charge in [-0.1, -0.05) is 18.2 Å². The number of aryl methyl sites for hydroxylation is 1. The summed E-state index contributed by atoms with van der Waals surface area (Å²) in [5.41, 5.74) is 9.98. The number of carbonyl (C=O) groups excluding carboxylic acids is 1. The quantitative estimate of drug-likeness (QED) is 0.406. The van der Waals surface area contributed by atoms with E-state index in [0.717, 1.165) is 29.4 Å². The Labute approximate surface area is 196 Å². The highest BCUT2D eigenvalue weighted by atomic mass is 19.1. The second-order valence-electron chi connectivity index (χ2n) is 8.45. The molecule has 8 heteroatoms. The Kier molecular flexibility index (Phi) is 5.68. The summed E-state index contributed by atoms with van der Waals surface area (Å²) in [4.78, 5) is 17.7. The highest BCUT2D eigenvalue weighted by Gasteiger charge is 2.27. The van der Waals surface area contributed by atoms with E-state index in [1.165, 1.54) is 16.8 Å². The number of nitriles is 1. The predicted molar refractivity (Wildman–Crippen MR) is 127 cm³/mol. The Bertz CT molecular complexity index is 1420. The van der Waals surface area contributed by atoms with E-state index >= 15 is 0 Å². The fourth-order valence-corrected chi connectivity index (χ4v) is 4.08. The molecule has 1 saturated carbocycles. The molecule has 1 aliphatic rings. The van der Waals surface area contributed by atoms with Gasteiger partial charge in [-0.2, -0.15) is 10.4 Å². The molecule has 0 atom stereocenters. The van der Waals surface area contributed by atoms with Crippen LogP contribution in [0.25, 0.3) is 16.6 Å². The van der Waals surface area contributed by atoms with Crippen LogP contribution in [0.5, 0.6) is 0 Å². The summed E-state index contributed by atoms with van der Waals surface area (Å²) in [6.45, 7) is 0.419. The number of anilines is 1. The lowest BCUT2D eigenvalue weighted by Gasteiger charge is -2.10. The molecule has 0 spiro atoms. The van der Waals surface area contributed by atoms with Gasteiger partial charge in [-0.25, -0.2) is 9.07 Å². The van der Waals surface area contributed by atoms with Crippen LogP contribution >= 0.6 is 0 Å². The van der Waals surface area contributed by atoms with Crippen molar-refractivity contribution >= 4 is 22.6 Å². The molecule has 3 N–H and O–H groups in total. The first-order chi connectivity index (χ1) is 16.5. The number of nitrogens with one attached hydrogen (secondary N) is 1. The lowest BCUT2D eigenvalue weighted by Crippen LogP contribution is -2.25. The lowest BCUT2D eigenvalue weighted by molar-refractivity contribution is 0.0954. The fraction of sp³-hybridized carbons (Fsp3) is 0.231. The number of hydrogen-bond donors (Lipinski definition) is 2. The Hall–Kier alpha value is -4.25. The van der Waals surface area contributed by atoms with E-state index in [1.54, 1.807) is 12.1 Å². The number of nitrogens with zero attached hydrogens (tertiary/aromatic N) is 4. The molecule has 2 aromatic carbocycles. The van der Waals surface area contributed by atoms with Crippen molar-refractivity contribution in [3.05, 3.63) is 82.9 Å². The number of carbonyl (C=O) groups is 1.